The zero-order chi connectivity index (χ0) is 20.6. The summed E-state index contributed by atoms with van der Waals surface area (Å²) in [5.41, 5.74) is 0.344. The third-order valence-corrected chi connectivity index (χ3v) is 6.82. The lowest BCUT2D eigenvalue weighted by Crippen LogP contribution is -2.72. The van der Waals surface area contributed by atoms with Crippen molar-refractivity contribution in [1.82, 2.24) is 10.6 Å². The van der Waals surface area contributed by atoms with Gasteiger partial charge in [-0.1, -0.05) is 36.8 Å². The molecule has 1 heterocycles. The quantitative estimate of drug-likeness (QED) is 0.784. The summed E-state index contributed by atoms with van der Waals surface area (Å²) >= 11 is 0. The molecule has 2 atom stereocenters. The summed E-state index contributed by atoms with van der Waals surface area (Å²) in [5.74, 6) is 0.351. The van der Waals surface area contributed by atoms with Gasteiger partial charge < -0.3 is 19.8 Å². The number of rotatable bonds is 6. The molecule has 2 amide bonds. The Morgan fingerprint density at radius 3 is 2.34 bits per heavy atom. The summed E-state index contributed by atoms with van der Waals surface area (Å²) in [5, 5.41) is 6.37. The summed E-state index contributed by atoms with van der Waals surface area (Å²) in [6, 6.07) is 13.2. The van der Waals surface area contributed by atoms with E-state index in [9.17, 15) is 9.59 Å². The molecule has 6 nitrogen and oxygen atoms in total. The summed E-state index contributed by atoms with van der Waals surface area (Å²) in [6.45, 7) is 3.90. The molecule has 154 valence electrons. The van der Waals surface area contributed by atoms with Gasteiger partial charge in [0.05, 0.1) is 12.5 Å². The van der Waals surface area contributed by atoms with Crippen molar-refractivity contribution in [3.8, 4) is 5.95 Å². The van der Waals surface area contributed by atoms with Crippen molar-refractivity contribution in [2.45, 2.75) is 57.0 Å². The minimum atomic E-state index is -0.606. The standard InChI is InChI=1S/C23H28N2O4/c1-22(2,15-8-5-4-6-9-15)21(27)25-18-14-17(23(18)12-7-13-23)24-20(26)16-10-11-19(28-3)29-16/h4-6,8-11,17-18H,7,12-14H2,1-3H3,(H,24,26)(H,25,27). The van der Waals surface area contributed by atoms with Gasteiger partial charge in [0.25, 0.3) is 11.9 Å². The molecular weight excluding hydrogens is 368 g/mol. The molecule has 1 aromatic carbocycles. The lowest BCUT2D eigenvalue weighted by Gasteiger charge is -2.61. The Balaban J connectivity index is 1.40. The van der Waals surface area contributed by atoms with Crippen molar-refractivity contribution in [3.63, 3.8) is 0 Å². The number of ether oxygens (including phenoxy) is 1. The molecule has 4 rings (SSSR count). The van der Waals surface area contributed by atoms with E-state index in [4.69, 9.17) is 9.15 Å². The molecule has 2 aromatic rings. The maximum absolute atomic E-state index is 13.1. The van der Waals surface area contributed by atoms with Gasteiger partial charge in [0.1, 0.15) is 0 Å². The Kier molecular flexibility index (Phi) is 4.89. The number of benzene rings is 1. The number of furan rings is 1. The van der Waals surface area contributed by atoms with Crippen molar-refractivity contribution in [2.75, 3.05) is 7.11 Å². The van der Waals surface area contributed by atoms with Crippen molar-refractivity contribution in [3.05, 3.63) is 53.8 Å². The van der Waals surface area contributed by atoms with Crippen LogP contribution in [0.3, 0.4) is 0 Å². The predicted octanol–water partition coefficient (Wildman–Crippen LogP) is 3.42. The second-order valence-electron chi connectivity index (χ2n) is 8.69. The molecule has 2 N–H and O–H groups in total. The van der Waals surface area contributed by atoms with Crippen LogP contribution in [-0.4, -0.2) is 31.0 Å². The van der Waals surface area contributed by atoms with Crippen molar-refractivity contribution in [1.29, 1.82) is 0 Å². The van der Waals surface area contributed by atoms with E-state index in [0.717, 1.165) is 31.2 Å². The van der Waals surface area contributed by atoms with Gasteiger partial charge in [-0.15, -0.1) is 0 Å². The first-order valence-electron chi connectivity index (χ1n) is 10.2. The maximum atomic E-state index is 13.1. The molecule has 0 bridgehead atoms. The number of hydrogen-bond donors (Lipinski definition) is 2. The smallest absolute Gasteiger partial charge is 0.287 e. The number of nitrogens with one attached hydrogen (secondary N) is 2. The molecule has 0 saturated heterocycles. The molecule has 1 aromatic heterocycles. The monoisotopic (exact) mass is 396 g/mol. The van der Waals surface area contributed by atoms with Gasteiger partial charge in [-0.2, -0.15) is 0 Å². The highest BCUT2D eigenvalue weighted by molar-refractivity contribution is 5.92. The topological polar surface area (TPSA) is 80.6 Å². The Labute approximate surface area is 171 Å². The minimum Gasteiger partial charge on any atom is -0.468 e. The van der Waals surface area contributed by atoms with Crippen LogP contribution in [0.25, 0.3) is 0 Å². The fourth-order valence-electron chi connectivity index (χ4n) is 4.58. The van der Waals surface area contributed by atoms with E-state index < -0.39 is 5.41 Å². The first-order chi connectivity index (χ1) is 13.9. The summed E-state index contributed by atoms with van der Waals surface area (Å²) in [4.78, 5) is 25.6. The van der Waals surface area contributed by atoms with Gasteiger partial charge in [-0.05, 0) is 44.7 Å². The van der Waals surface area contributed by atoms with E-state index >= 15 is 0 Å². The first kappa shape index (κ1) is 19.6. The molecule has 2 fully saturated rings. The molecule has 0 aliphatic heterocycles. The summed E-state index contributed by atoms with van der Waals surface area (Å²) in [7, 11) is 1.50. The second kappa shape index (κ2) is 7.25. The minimum absolute atomic E-state index is 0.0283. The Hall–Kier alpha value is -2.76. The number of hydrogen-bond acceptors (Lipinski definition) is 4. The average Bonchev–Trinajstić information content (AvgIpc) is 3.15. The number of methoxy groups -OCH3 is 1. The highest BCUT2D eigenvalue weighted by atomic mass is 16.6. The van der Waals surface area contributed by atoms with Crippen LogP contribution in [0.2, 0.25) is 0 Å². The van der Waals surface area contributed by atoms with Crippen LogP contribution in [0.1, 0.15) is 55.6 Å². The highest BCUT2D eigenvalue weighted by Crippen LogP contribution is 2.56. The number of carbonyl (C=O) groups is 2. The van der Waals surface area contributed by atoms with Crippen LogP contribution in [0.4, 0.5) is 0 Å². The molecule has 0 radical (unpaired) electrons. The normalized spacial score (nSPS) is 22.3. The van der Waals surface area contributed by atoms with E-state index in [0.29, 0.717) is 5.95 Å². The molecule has 2 aliphatic rings. The van der Waals surface area contributed by atoms with Crippen molar-refractivity contribution in [2.24, 2.45) is 5.41 Å². The Morgan fingerprint density at radius 1 is 1.07 bits per heavy atom. The largest absolute Gasteiger partial charge is 0.468 e. The third-order valence-electron chi connectivity index (χ3n) is 6.82. The van der Waals surface area contributed by atoms with Crippen molar-refractivity contribution >= 4 is 11.8 Å². The lowest BCUT2D eigenvalue weighted by atomic mass is 9.49. The molecule has 2 unspecified atom stereocenters. The molecule has 1 spiro atoms. The second-order valence-corrected chi connectivity index (χ2v) is 8.69. The van der Waals surface area contributed by atoms with Crippen LogP contribution in [0.15, 0.2) is 46.9 Å². The van der Waals surface area contributed by atoms with Gasteiger partial charge in [-0.3, -0.25) is 9.59 Å². The van der Waals surface area contributed by atoms with E-state index in [1.54, 1.807) is 12.1 Å². The lowest BCUT2D eigenvalue weighted by molar-refractivity contribution is -0.133. The van der Waals surface area contributed by atoms with Gasteiger partial charge in [0, 0.05) is 23.6 Å². The highest BCUT2D eigenvalue weighted by Gasteiger charge is 2.59. The number of carbonyl (C=O) groups excluding carboxylic acids is 2. The fourth-order valence-corrected chi connectivity index (χ4v) is 4.58. The van der Waals surface area contributed by atoms with E-state index in [1.165, 1.54) is 7.11 Å². The summed E-state index contributed by atoms with van der Waals surface area (Å²) < 4.78 is 10.4. The van der Waals surface area contributed by atoms with Gasteiger partial charge in [-0.25, -0.2) is 0 Å². The van der Waals surface area contributed by atoms with Crippen molar-refractivity contribution < 1.29 is 18.7 Å². The molecular formula is C23H28N2O4. The molecule has 2 aliphatic carbocycles. The fraction of sp³-hybridized carbons (Fsp3) is 0.478. The Morgan fingerprint density at radius 2 is 1.76 bits per heavy atom. The zero-order valence-corrected chi connectivity index (χ0v) is 17.2. The third kappa shape index (κ3) is 3.30. The molecule has 29 heavy (non-hydrogen) atoms. The van der Waals surface area contributed by atoms with Crippen LogP contribution in [0.5, 0.6) is 5.95 Å². The van der Waals surface area contributed by atoms with Gasteiger partial charge in [0.15, 0.2) is 5.76 Å². The maximum Gasteiger partial charge on any atom is 0.287 e. The van der Waals surface area contributed by atoms with Gasteiger partial charge >= 0.3 is 0 Å². The summed E-state index contributed by atoms with van der Waals surface area (Å²) in [6.07, 6.45) is 3.88. The number of amides is 2. The van der Waals surface area contributed by atoms with E-state index in [1.807, 2.05) is 44.2 Å². The van der Waals surface area contributed by atoms with E-state index in [-0.39, 0.29) is 35.1 Å². The first-order valence-corrected chi connectivity index (χ1v) is 10.2. The van der Waals surface area contributed by atoms with Crippen LogP contribution >= 0.6 is 0 Å². The van der Waals surface area contributed by atoms with Crippen LogP contribution in [-0.2, 0) is 10.2 Å². The predicted molar refractivity (Wildman–Crippen MR) is 109 cm³/mol. The van der Waals surface area contributed by atoms with E-state index in [2.05, 4.69) is 10.6 Å². The average molecular weight is 396 g/mol. The molecule has 2 saturated carbocycles. The zero-order valence-electron chi connectivity index (χ0n) is 17.2. The Bertz CT molecular complexity index is 899. The van der Waals surface area contributed by atoms with Gasteiger partial charge in [0.2, 0.25) is 5.91 Å². The molecule has 6 heteroatoms. The van der Waals surface area contributed by atoms with Crippen LogP contribution in [0, 0.1) is 5.41 Å². The van der Waals surface area contributed by atoms with Crippen LogP contribution < -0.4 is 15.4 Å². The SMILES string of the molecule is COc1ccc(C(=O)NC2CC(NC(=O)C(C)(C)c3ccccc3)C23CCC3)o1.